The smallest absolute Gasteiger partial charge is 0.343 e. The van der Waals surface area contributed by atoms with Gasteiger partial charge in [0.25, 0.3) is 0 Å². The van der Waals surface area contributed by atoms with Crippen LogP contribution in [0.5, 0.6) is 34.5 Å². The van der Waals surface area contributed by atoms with Crippen molar-refractivity contribution in [2.45, 2.75) is 168 Å². The number of ether oxygens (including phenoxy) is 6. The minimum Gasteiger partial charge on any atom is -0.494 e. The van der Waals surface area contributed by atoms with Crippen LogP contribution < -0.4 is 28.4 Å². The SMILES string of the molecule is CCCCCCCCCCCCCCOc1ccc(C(=O)Oc2ccc(C(=O)Oc3ccc(-c4ccc(OC(=O)c5ccc(OC(=O)c6ccc(OCCCCCCCCCCCCCC)cc6)cc5)cc4)cc3)cc2)cc1. The van der Waals surface area contributed by atoms with Crippen LogP contribution in [0.25, 0.3) is 11.1 Å². The zero-order valence-electron chi connectivity index (χ0n) is 46.3. The largest absolute Gasteiger partial charge is 0.494 e. The number of carbonyl (C=O) groups is 4. The number of benzene rings is 6. The van der Waals surface area contributed by atoms with Crippen molar-refractivity contribution >= 4 is 23.9 Å². The maximum Gasteiger partial charge on any atom is 0.343 e. The molecular weight excluding hydrogens is 977 g/mol. The minimum atomic E-state index is -0.562. The topological polar surface area (TPSA) is 124 Å². The van der Waals surface area contributed by atoms with Gasteiger partial charge in [0.15, 0.2) is 0 Å². The molecule has 10 nitrogen and oxygen atoms in total. The van der Waals surface area contributed by atoms with Crippen molar-refractivity contribution < 1.29 is 47.6 Å². The molecule has 0 aliphatic heterocycles. The first-order chi connectivity index (χ1) is 38.3. The molecule has 0 N–H and O–H groups in total. The molecule has 0 aliphatic carbocycles. The van der Waals surface area contributed by atoms with Crippen molar-refractivity contribution in [2.24, 2.45) is 0 Å². The van der Waals surface area contributed by atoms with Crippen LogP contribution in [0, 0.1) is 0 Å². The number of esters is 4. The fraction of sp³-hybridized carbons (Fsp3) is 0.412. The molecule has 6 aromatic rings. The average Bonchev–Trinajstić information content (AvgIpc) is 3.46. The van der Waals surface area contributed by atoms with E-state index >= 15 is 0 Å². The maximum atomic E-state index is 13.0. The zero-order chi connectivity index (χ0) is 54.8. The Morgan fingerprint density at radius 1 is 0.244 bits per heavy atom. The number of rotatable bonds is 37. The van der Waals surface area contributed by atoms with Gasteiger partial charge in [-0.1, -0.05) is 179 Å². The van der Waals surface area contributed by atoms with Crippen molar-refractivity contribution in [3.8, 4) is 45.6 Å². The molecule has 10 heteroatoms. The van der Waals surface area contributed by atoms with E-state index in [1.54, 1.807) is 121 Å². The second kappa shape index (κ2) is 35.3. The molecule has 0 atom stereocenters. The van der Waals surface area contributed by atoms with Crippen molar-refractivity contribution in [2.75, 3.05) is 13.2 Å². The van der Waals surface area contributed by atoms with E-state index in [0.29, 0.717) is 70.0 Å². The molecule has 0 saturated carbocycles. The number of hydrogen-bond acceptors (Lipinski definition) is 10. The summed E-state index contributed by atoms with van der Waals surface area (Å²) in [5, 5.41) is 0. The highest BCUT2D eigenvalue weighted by molar-refractivity contribution is 5.94. The van der Waals surface area contributed by atoms with Gasteiger partial charge >= 0.3 is 23.9 Å². The zero-order valence-corrected chi connectivity index (χ0v) is 46.3. The first-order valence-electron chi connectivity index (χ1n) is 29.0. The van der Waals surface area contributed by atoms with E-state index in [2.05, 4.69) is 13.8 Å². The van der Waals surface area contributed by atoms with E-state index < -0.39 is 23.9 Å². The van der Waals surface area contributed by atoms with Crippen LogP contribution in [0.3, 0.4) is 0 Å². The first-order valence-corrected chi connectivity index (χ1v) is 29.0. The Balaban J connectivity index is 0.834. The van der Waals surface area contributed by atoms with Crippen LogP contribution in [0.4, 0.5) is 0 Å². The molecule has 0 unspecified atom stereocenters. The van der Waals surface area contributed by atoms with E-state index in [-0.39, 0.29) is 0 Å². The molecule has 6 rings (SSSR count). The summed E-state index contributed by atoms with van der Waals surface area (Å²) >= 11 is 0. The Morgan fingerprint density at radius 3 is 0.667 bits per heavy atom. The lowest BCUT2D eigenvalue weighted by atomic mass is 10.1. The summed E-state index contributed by atoms with van der Waals surface area (Å²) in [5.74, 6) is 0.584. The molecule has 78 heavy (non-hydrogen) atoms. The van der Waals surface area contributed by atoms with Gasteiger partial charge in [-0.05, 0) is 145 Å². The molecular formula is C68H82O10. The molecule has 0 aromatic heterocycles. The van der Waals surface area contributed by atoms with E-state index in [1.165, 1.54) is 128 Å². The Labute approximate surface area is 464 Å². The molecule has 0 amide bonds. The second-order valence-electron chi connectivity index (χ2n) is 20.2. The van der Waals surface area contributed by atoms with Gasteiger partial charge in [-0.15, -0.1) is 0 Å². The summed E-state index contributed by atoms with van der Waals surface area (Å²) in [5.41, 5.74) is 3.08. The van der Waals surface area contributed by atoms with Crippen molar-refractivity contribution in [3.05, 3.63) is 168 Å². The molecule has 0 aliphatic rings. The van der Waals surface area contributed by atoms with Gasteiger partial charge in [0.05, 0.1) is 35.5 Å². The molecule has 0 fully saturated rings. The fourth-order valence-corrected chi connectivity index (χ4v) is 9.05. The van der Waals surface area contributed by atoms with Crippen LogP contribution >= 0.6 is 0 Å². The summed E-state index contributed by atoms with van der Waals surface area (Å²) < 4.78 is 34.1. The standard InChI is InChI=1S/C68H82O10/c1-3-5-7-9-11-13-15-17-19-21-23-25-51-73-59-39-31-55(32-40-59)65(69)77-63-47-35-57(36-48-63)67(71)75-61-43-27-53(28-44-61)54-29-45-62(46-30-54)76-68(72)58-37-49-64(50-38-58)78-66(70)56-33-41-60(42-34-56)74-52-26-24-22-20-18-16-14-12-10-8-6-4-2/h27-50H,3-26,51-52H2,1-2H3. The van der Waals surface area contributed by atoms with Gasteiger partial charge in [-0.25, -0.2) is 19.2 Å². The molecule has 0 heterocycles. The lowest BCUT2D eigenvalue weighted by molar-refractivity contribution is 0.0720. The third-order valence-corrected chi connectivity index (χ3v) is 13.8. The van der Waals surface area contributed by atoms with Gasteiger partial charge in [0, 0.05) is 0 Å². The normalized spacial score (nSPS) is 10.9. The number of carbonyl (C=O) groups excluding carboxylic acids is 4. The molecule has 414 valence electrons. The van der Waals surface area contributed by atoms with Crippen LogP contribution in [0.2, 0.25) is 0 Å². The molecule has 0 radical (unpaired) electrons. The highest BCUT2D eigenvalue weighted by Gasteiger charge is 2.15. The summed E-state index contributed by atoms with van der Waals surface area (Å²) in [6.45, 7) is 5.81. The third-order valence-electron chi connectivity index (χ3n) is 13.8. The van der Waals surface area contributed by atoms with Crippen LogP contribution in [-0.4, -0.2) is 37.1 Å². The Morgan fingerprint density at radius 2 is 0.436 bits per heavy atom. The van der Waals surface area contributed by atoms with E-state index in [1.807, 2.05) is 24.3 Å². The third kappa shape index (κ3) is 22.4. The Bertz CT molecular complexity index is 2450. The summed E-state index contributed by atoms with van der Waals surface area (Å²) in [6.07, 6.45) is 31.0. The fourth-order valence-electron chi connectivity index (χ4n) is 9.05. The lowest BCUT2D eigenvalue weighted by Crippen LogP contribution is -2.10. The van der Waals surface area contributed by atoms with Gasteiger partial charge < -0.3 is 28.4 Å². The maximum absolute atomic E-state index is 13.0. The second-order valence-corrected chi connectivity index (χ2v) is 20.2. The Hall–Kier alpha value is -7.20. The summed E-state index contributed by atoms with van der Waals surface area (Å²) in [6, 6.07) is 40.3. The minimum absolute atomic E-state index is 0.292. The Kier molecular flexibility index (Phi) is 27.1. The molecule has 0 bridgehead atoms. The van der Waals surface area contributed by atoms with E-state index in [0.717, 1.165) is 36.8 Å². The van der Waals surface area contributed by atoms with E-state index in [9.17, 15) is 19.2 Å². The van der Waals surface area contributed by atoms with Crippen LogP contribution in [0.1, 0.15) is 209 Å². The number of hydrogen-bond donors (Lipinski definition) is 0. The summed E-state index contributed by atoms with van der Waals surface area (Å²) in [4.78, 5) is 51.7. The first kappa shape index (κ1) is 60.0. The predicted octanol–water partition coefficient (Wildman–Crippen LogP) is 18.4. The highest BCUT2D eigenvalue weighted by Crippen LogP contribution is 2.27. The average molecular weight is 1060 g/mol. The van der Waals surface area contributed by atoms with E-state index in [4.69, 9.17) is 28.4 Å². The van der Waals surface area contributed by atoms with Crippen molar-refractivity contribution in [1.82, 2.24) is 0 Å². The summed E-state index contributed by atoms with van der Waals surface area (Å²) in [7, 11) is 0. The monoisotopic (exact) mass is 1060 g/mol. The van der Waals surface area contributed by atoms with Gasteiger partial charge in [0.2, 0.25) is 0 Å². The van der Waals surface area contributed by atoms with Crippen LogP contribution in [0.15, 0.2) is 146 Å². The van der Waals surface area contributed by atoms with Crippen LogP contribution in [-0.2, 0) is 0 Å². The predicted molar refractivity (Wildman–Crippen MR) is 311 cm³/mol. The molecule has 6 aromatic carbocycles. The van der Waals surface area contributed by atoms with Gasteiger partial charge in [-0.2, -0.15) is 0 Å². The van der Waals surface area contributed by atoms with Crippen molar-refractivity contribution in [1.29, 1.82) is 0 Å². The van der Waals surface area contributed by atoms with Gasteiger partial charge in [0.1, 0.15) is 34.5 Å². The lowest BCUT2D eigenvalue weighted by Gasteiger charge is -2.09. The van der Waals surface area contributed by atoms with Gasteiger partial charge in [-0.3, -0.25) is 0 Å². The molecule has 0 saturated heterocycles. The number of unbranched alkanes of at least 4 members (excludes halogenated alkanes) is 22. The quantitative estimate of drug-likeness (QED) is 0.0212. The molecule has 0 spiro atoms. The van der Waals surface area contributed by atoms with Crippen molar-refractivity contribution in [3.63, 3.8) is 0 Å². The highest BCUT2D eigenvalue weighted by atomic mass is 16.5.